The second kappa shape index (κ2) is 36.9. The Bertz CT molecular complexity index is 1330. The van der Waals surface area contributed by atoms with Crippen LogP contribution in [0, 0.1) is 11.8 Å². The van der Waals surface area contributed by atoms with Crippen LogP contribution in [0.5, 0.6) is 0 Å². The minimum atomic E-state index is -4.45. The molecule has 0 bridgehead atoms. The maximum atomic E-state index is 12.6. The molecule has 0 spiro atoms. The number of allylic oxidation sites excluding steroid dienone is 9. The van der Waals surface area contributed by atoms with E-state index in [2.05, 4.69) is 62.5 Å². The van der Waals surface area contributed by atoms with Crippen LogP contribution in [0.3, 0.4) is 0 Å². The van der Waals surface area contributed by atoms with Crippen molar-refractivity contribution in [3.05, 3.63) is 60.8 Å². The average molecular weight is 866 g/mol. The highest BCUT2D eigenvalue weighted by molar-refractivity contribution is 7.47. The fourth-order valence-corrected chi connectivity index (χ4v) is 7.58. The van der Waals surface area contributed by atoms with E-state index in [1.165, 1.54) is 25.7 Å². The van der Waals surface area contributed by atoms with E-state index >= 15 is 0 Å². The van der Waals surface area contributed by atoms with Gasteiger partial charge in [-0.25, -0.2) is 4.57 Å². The first-order chi connectivity index (χ1) is 29.0. The lowest BCUT2D eigenvalue weighted by Gasteiger charge is -2.20. The number of unbranched alkanes of at least 4 members (excludes halogenated alkanes) is 11. The molecular weight excluding hydrogens is 785 g/mol. The molecule has 0 amide bonds. The summed E-state index contributed by atoms with van der Waals surface area (Å²) in [5.74, 6) is -1.61. The fourth-order valence-electron chi connectivity index (χ4n) is 6.82. The number of hydrogen-bond donors (Lipinski definition) is 4. The van der Waals surface area contributed by atoms with Crippen molar-refractivity contribution in [3.63, 3.8) is 0 Å². The van der Waals surface area contributed by atoms with Crippen molar-refractivity contribution >= 4 is 25.5 Å². The van der Waals surface area contributed by atoms with Gasteiger partial charge in [-0.1, -0.05) is 132 Å². The molecule has 13 heteroatoms. The van der Waals surface area contributed by atoms with Gasteiger partial charge in [0.2, 0.25) is 0 Å². The Morgan fingerprint density at radius 2 is 1.33 bits per heavy atom. The first-order valence-electron chi connectivity index (χ1n) is 22.9. The third-order valence-electron chi connectivity index (χ3n) is 10.3. The summed E-state index contributed by atoms with van der Waals surface area (Å²) >= 11 is 0. The molecule has 0 aromatic rings. The number of aliphatic hydroxyl groups excluding tert-OH is 2. The molecule has 12 nitrogen and oxygen atoms in total. The number of esters is 2. The first-order valence-corrected chi connectivity index (χ1v) is 24.4. The molecule has 6 atom stereocenters. The monoisotopic (exact) mass is 866 g/mol. The SMILES string of the molecule is CCCCC/C=C\C/C=C\C/C=C\C/C=C\CCCCCC(=O)O[C@H](COC(=O)CCCCCC[C@H]1[C@@H](O)CC(=O)[C@@H]1/C=C/[C@@H](O)CCCCC)COP(=O)(O)OCCN. The van der Waals surface area contributed by atoms with Crippen LogP contribution in [0.4, 0.5) is 0 Å². The third-order valence-corrected chi connectivity index (χ3v) is 11.3. The number of rotatable bonds is 38. The van der Waals surface area contributed by atoms with Crippen molar-refractivity contribution in [2.45, 2.75) is 180 Å². The van der Waals surface area contributed by atoms with Gasteiger partial charge in [-0.15, -0.1) is 0 Å². The maximum Gasteiger partial charge on any atom is 0.472 e. The van der Waals surface area contributed by atoms with E-state index in [9.17, 15) is 34.1 Å². The van der Waals surface area contributed by atoms with Gasteiger partial charge in [-0.3, -0.25) is 23.4 Å². The van der Waals surface area contributed by atoms with Gasteiger partial charge in [-0.05, 0) is 76.5 Å². The molecular formula is C47H80NO11P. The van der Waals surface area contributed by atoms with Gasteiger partial charge >= 0.3 is 19.8 Å². The summed E-state index contributed by atoms with van der Waals surface area (Å²) in [5.41, 5.74) is 5.35. The number of hydrogen-bond acceptors (Lipinski definition) is 11. The molecule has 1 fully saturated rings. The van der Waals surface area contributed by atoms with Gasteiger partial charge in [0, 0.05) is 31.7 Å². The average Bonchev–Trinajstić information content (AvgIpc) is 3.49. The number of carbonyl (C=O) groups is 3. The summed E-state index contributed by atoms with van der Waals surface area (Å²) in [4.78, 5) is 47.6. The Balaban J connectivity index is 2.38. The number of Topliss-reactive ketones (excluding diaryl/α,β-unsaturated/α-hetero) is 1. The van der Waals surface area contributed by atoms with Gasteiger partial charge < -0.3 is 30.3 Å². The van der Waals surface area contributed by atoms with E-state index in [4.69, 9.17) is 24.3 Å². The van der Waals surface area contributed by atoms with E-state index in [0.717, 1.165) is 77.0 Å². The number of aliphatic hydroxyl groups is 2. The van der Waals surface area contributed by atoms with Crippen LogP contribution in [0.1, 0.15) is 162 Å². The van der Waals surface area contributed by atoms with Crippen LogP contribution in [0.15, 0.2) is 60.8 Å². The molecule has 0 aromatic carbocycles. The number of nitrogens with two attached hydrogens (primary N) is 1. The molecule has 1 saturated carbocycles. The Morgan fingerprint density at radius 1 is 0.767 bits per heavy atom. The highest BCUT2D eigenvalue weighted by Gasteiger charge is 2.39. The van der Waals surface area contributed by atoms with Gasteiger partial charge in [0.15, 0.2) is 6.10 Å². The summed E-state index contributed by atoms with van der Waals surface area (Å²) in [7, 11) is -4.45. The number of ketones is 1. The van der Waals surface area contributed by atoms with E-state index < -0.39 is 50.6 Å². The van der Waals surface area contributed by atoms with Crippen LogP contribution in [0.25, 0.3) is 0 Å². The Hall–Kier alpha value is -2.70. The van der Waals surface area contributed by atoms with Crippen LogP contribution < -0.4 is 5.73 Å². The lowest BCUT2D eigenvalue weighted by molar-refractivity contribution is -0.161. The zero-order valence-corrected chi connectivity index (χ0v) is 37.8. The predicted octanol–water partition coefficient (Wildman–Crippen LogP) is 9.86. The summed E-state index contributed by atoms with van der Waals surface area (Å²) in [6.45, 7) is 3.28. The molecule has 5 N–H and O–H groups in total. The fraction of sp³-hybridized carbons (Fsp3) is 0.723. The summed E-state index contributed by atoms with van der Waals surface area (Å²) in [6, 6.07) is 0. The minimum absolute atomic E-state index is 0.000495. The third kappa shape index (κ3) is 30.3. The standard InChI is InChI=1S/C47H80NO11P/c1-3-5-7-8-9-10-11-12-13-14-15-16-17-18-19-20-21-22-28-32-47(53)59-41(39-58-60(54,55)57-36-35-48)38-56-46(52)31-27-24-23-26-30-42-43(45(51)37-44(42)50)34-33-40(49)29-25-6-4-2/h9-10,12-13,15-16,18-19,33-34,40-44,49-50H,3-8,11,14,17,20-32,35-39,48H2,1-2H3,(H,54,55)/b10-9-,13-12-,16-15-,19-18-,34-33+/t40-,41+,42+,43+,44-/m0/s1. The Labute approximate surface area is 361 Å². The van der Waals surface area contributed by atoms with Gasteiger partial charge in [-0.2, -0.15) is 0 Å². The molecule has 1 rings (SSSR count). The number of ether oxygens (including phenoxy) is 2. The van der Waals surface area contributed by atoms with Crippen molar-refractivity contribution in [2.24, 2.45) is 17.6 Å². The normalized spacial score (nSPS) is 19.4. The minimum Gasteiger partial charge on any atom is -0.462 e. The van der Waals surface area contributed by atoms with Crippen molar-refractivity contribution in [2.75, 3.05) is 26.4 Å². The van der Waals surface area contributed by atoms with Crippen LogP contribution in [-0.2, 0) is 37.5 Å². The van der Waals surface area contributed by atoms with E-state index in [1.54, 1.807) is 12.2 Å². The quantitative estimate of drug-likeness (QED) is 0.0199. The highest BCUT2D eigenvalue weighted by atomic mass is 31.2. The summed E-state index contributed by atoms with van der Waals surface area (Å²) < 4.78 is 32.8. The number of phosphoric ester groups is 1. The smallest absolute Gasteiger partial charge is 0.462 e. The Kier molecular flexibility index (Phi) is 34.0. The van der Waals surface area contributed by atoms with E-state index in [1.807, 2.05) is 0 Å². The first kappa shape index (κ1) is 55.3. The van der Waals surface area contributed by atoms with Crippen molar-refractivity contribution in [1.82, 2.24) is 0 Å². The zero-order valence-electron chi connectivity index (χ0n) is 36.9. The van der Waals surface area contributed by atoms with Crippen LogP contribution in [-0.4, -0.2) is 77.5 Å². The van der Waals surface area contributed by atoms with Crippen molar-refractivity contribution in [3.8, 4) is 0 Å². The summed E-state index contributed by atoms with van der Waals surface area (Å²) in [5, 5.41) is 20.8. The topological polar surface area (TPSA) is 192 Å². The molecule has 0 heterocycles. The van der Waals surface area contributed by atoms with Crippen LogP contribution >= 0.6 is 7.82 Å². The maximum absolute atomic E-state index is 12.6. The van der Waals surface area contributed by atoms with E-state index in [0.29, 0.717) is 25.7 Å². The molecule has 1 unspecified atom stereocenters. The second-order valence-corrected chi connectivity index (χ2v) is 17.2. The molecule has 0 radical (unpaired) electrons. The van der Waals surface area contributed by atoms with Gasteiger partial charge in [0.1, 0.15) is 12.4 Å². The van der Waals surface area contributed by atoms with Gasteiger partial charge in [0.05, 0.1) is 25.4 Å². The van der Waals surface area contributed by atoms with Crippen molar-refractivity contribution < 1.29 is 52.6 Å². The number of carbonyl (C=O) groups excluding carboxylic acids is 3. The highest BCUT2D eigenvalue weighted by Crippen LogP contribution is 2.43. The largest absolute Gasteiger partial charge is 0.472 e. The van der Waals surface area contributed by atoms with Crippen molar-refractivity contribution in [1.29, 1.82) is 0 Å². The molecule has 0 saturated heterocycles. The summed E-state index contributed by atoms with van der Waals surface area (Å²) in [6.07, 6.45) is 37.2. The Morgan fingerprint density at radius 3 is 1.97 bits per heavy atom. The molecule has 0 aliphatic heterocycles. The molecule has 1 aliphatic carbocycles. The zero-order chi connectivity index (χ0) is 44.1. The lowest BCUT2D eigenvalue weighted by atomic mass is 9.88. The molecule has 1 aliphatic rings. The van der Waals surface area contributed by atoms with E-state index in [-0.39, 0.29) is 50.7 Å². The van der Waals surface area contributed by atoms with Crippen LogP contribution in [0.2, 0.25) is 0 Å². The van der Waals surface area contributed by atoms with Gasteiger partial charge in [0.25, 0.3) is 0 Å². The predicted molar refractivity (Wildman–Crippen MR) is 239 cm³/mol. The second-order valence-electron chi connectivity index (χ2n) is 15.7. The number of phosphoric acid groups is 1. The molecule has 60 heavy (non-hydrogen) atoms. The lowest BCUT2D eigenvalue weighted by Crippen LogP contribution is -2.29. The molecule has 0 aromatic heterocycles. The molecule has 344 valence electrons.